The minimum absolute atomic E-state index is 0.0613. The number of nitrogens with zero attached hydrogens (tertiary/aromatic N) is 1. The number of sulfonamides is 1. The van der Waals surface area contributed by atoms with E-state index < -0.39 is 22.6 Å². The predicted octanol–water partition coefficient (Wildman–Crippen LogP) is 1.09. The molecule has 1 aromatic rings. The van der Waals surface area contributed by atoms with Gasteiger partial charge in [-0.15, -0.1) is 0 Å². The number of morpholine rings is 1. The van der Waals surface area contributed by atoms with Crippen LogP contribution in [0, 0.1) is 6.92 Å². The van der Waals surface area contributed by atoms with Gasteiger partial charge in [0.25, 0.3) is 5.91 Å². The molecule has 1 amide bonds. The standard InChI is InChI=1S/C18H26N2O6S/c1-3-4-7-19-17(21)13-26-18(22)15-6-5-14(2)16(12-15)27(23,24)20-8-10-25-11-9-20/h5-6,12H,3-4,7-11,13H2,1-2H3,(H,19,21). The number of unbranched alkanes of at least 4 members (excludes halogenated alkanes) is 1. The lowest BCUT2D eigenvalue weighted by atomic mass is 10.1. The van der Waals surface area contributed by atoms with Gasteiger partial charge >= 0.3 is 5.97 Å². The van der Waals surface area contributed by atoms with Crippen molar-refractivity contribution in [1.29, 1.82) is 0 Å². The largest absolute Gasteiger partial charge is 0.452 e. The molecule has 0 bridgehead atoms. The molecule has 0 radical (unpaired) electrons. The number of amides is 1. The molecular weight excluding hydrogens is 372 g/mol. The smallest absolute Gasteiger partial charge is 0.338 e. The van der Waals surface area contributed by atoms with Gasteiger partial charge in [0, 0.05) is 19.6 Å². The van der Waals surface area contributed by atoms with Crippen LogP contribution in [0.25, 0.3) is 0 Å². The molecule has 27 heavy (non-hydrogen) atoms. The van der Waals surface area contributed by atoms with Gasteiger partial charge in [-0.25, -0.2) is 13.2 Å². The number of esters is 1. The quantitative estimate of drug-likeness (QED) is 0.519. The van der Waals surface area contributed by atoms with Crippen molar-refractivity contribution >= 4 is 21.9 Å². The maximum Gasteiger partial charge on any atom is 0.338 e. The summed E-state index contributed by atoms with van der Waals surface area (Å²) in [6.07, 6.45) is 1.80. The molecule has 0 aliphatic carbocycles. The van der Waals surface area contributed by atoms with Crippen LogP contribution in [0.3, 0.4) is 0 Å². The first kappa shape index (κ1) is 21.3. The number of ether oxygens (including phenoxy) is 2. The maximum atomic E-state index is 12.8. The average Bonchev–Trinajstić information content (AvgIpc) is 2.67. The Morgan fingerprint density at radius 2 is 1.96 bits per heavy atom. The molecule has 150 valence electrons. The van der Waals surface area contributed by atoms with Crippen LogP contribution in [0.1, 0.15) is 35.7 Å². The highest BCUT2D eigenvalue weighted by Gasteiger charge is 2.28. The van der Waals surface area contributed by atoms with Gasteiger partial charge in [0.15, 0.2) is 6.61 Å². The fourth-order valence-electron chi connectivity index (χ4n) is 2.60. The van der Waals surface area contributed by atoms with E-state index in [1.165, 1.54) is 16.4 Å². The molecule has 1 aliphatic heterocycles. The molecule has 8 nitrogen and oxygen atoms in total. The van der Waals surface area contributed by atoms with E-state index in [-0.39, 0.29) is 29.5 Å². The Morgan fingerprint density at radius 1 is 1.26 bits per heavy atom. The molecule has 0 saturated carbocycles. The van der Waals surface area contributed by atoms with Crippen molar-refractivity contribution in [3.05, 3.63) is 29.3 Å². The van der Waals surface area contributed by atoms with E-state index in [2.05, 4.69) is 5.32 Å². The second-order valence-electron chi connectivity index (χ2n) is 6.28. The van der Waals surface area contributed by atoms with Crippen molar-refractivity contribution in [3.8, 4) is 0 Å². The van der Waals surface area contributed by atoms with Crippen molar-refractivity contribution in [2.45, 2.75) is 31.6 Å². The highest BCUT2D eigenvalue weighted by atomic mass is 32.2. The number of carbonyl (C=O) groups excluding carboxylic acids is 2. The van der Waals surface area contributed by atoms with Gasteiger partial charge in [0.1, 0.15) is 0 Å². The molecule has 1 aromatic carbocycles. The van der Waals surface area contributed by atoms with Gasteiger partial charge in [0.2, 0.25) is 10.0 Å². The van der Waals surface area contributed by atoms with E-state index in [1.54, 1.807) is 13.0 Å². The van der Waals surface area contributed by atoms with Crippen LogP contribution in [0.2, 0.25) is 0 Å². The van der Waals surface area contributed by atoms with Crippen molar-refractivity contribution in [1.82, 2.24) is 9.62 Å². The van der Waals surface area contributed by atoms with E-state index in [0.29, 0.717) is 25.3 Å². The van der Waals surface area contributed by atoms with Gasteiger partial charge in [-0.3, -0.25) is 4.79 Å². The molecule has 0 aromatic heterocycles. The lowest BCUT2D eigenvalue weighted by Crippen LogP contribution is -2.40. The van der Waals surface area contributed by atoms with E-state index in [4.69, 9.17) is 9.47 Å². The van der Waals surface area contributed by atoms with Crippen LogP contribution in [-0.2, 0) is 24.3 Å². The normalized spacial score (nSPS) is 15.3. The molecule has 0 unspecified atom stereocenters. The topological polar surface area (TPSA) is 102 Å². The Labute approximate surface area is 159 Å². The first-order chi connectivity index (χ1) is 12.9. The molecule has 1 saturated heterocycles. The first-order valence-corrected chi connectivity index (χ1v) is 10.4. The summed E-state index contributed by atoms with van der Waals surface area (Å²) in [6, 6.07) is 4.35. The second kappa shape index (κ2) is 9.82. The van der Waals surface area contributed by atoms with Crippen LogP contribution < -0.4 is 5.32 Å². The van der Waals surface area contributed by atoms with Crippen LogP contribution >= 0.6 is 0 Å². The molecule has 9 heteroatoms. The lowest BCUT2D eigenvalue weighted by molar-refractivity contribution is -0.124. The summed E-state index contributed by atoms with van der Waals surface area (Å²) in [4.78, 5) is 23.9. The van der Waals surface area contributed by atoms with Crippen LogP contribution in [0.5, 0.6) is 0 Å². The van der Waals surface area contributed by atoms with E-state index >= 15 is 0 Å². The summed E-state index contributed by atoms with van der Waals surface area (Å²) in [5.41, 5.74) is 0.629. The minimum atomic E-state index is -3.73. The van der Waals surface area contributed by atoms with Gasteiger partial charge < -0.3 is 14.8 Å². The van der Waals surface area contributed by atoms with Gasteiger partial charge in [-0.05, 0) is 31.0 Å². The lowest BCUT2D eigenvalue weighted by Gasteiger charge is -2.26. The zero-order valence-corrected chi connectivity index (χ0v) is 16.5. The van der Waals surface area contributed by atoms with E-state index in [0.717, 1.165) is 12.8 Å². The minimum Gasteiger partial charge on any atom is -0.452 e. The summed E-state index contributed by atoms with van der Waals surface area (Å²) in [5, 5.41) is 2.65. The number of benzene rings is 1. The Morgan fingerprint density at radius 3 is 2.63 bits per heavy atom. The van der Waals surface area contributed by atoms with Crippen LogP contribution in [0.4, 0.5) is 0 Å². The third kappa shape index (κ3) is 5.75. The van der Waals surface area contributed by atoms with Gasteiger partial charge in [-0.1, -0.05) is 19.4 Å². The highest BCUT2D eigenvalue weighted by Crippen LogP contribution is 2.22. The second-order valence-corrected chi connectivity index (χ2v) is 8.18. The summed E-state index contributed by atoms with van der Waals surface area (Å²) >= 11 is 0. The van der Waals surface area contributed by atoms with Gasteiger partial charge in [0.05, 0.1) is 23.7 Å². The number of rotatable bonds is 8. The number of nitrogens with one attached hydrogen (secondary N) is 1. The average molecular weight is 398 g/mol. The molecular formula is C18H26N2O6S. The van der Waals surface area contributed by atoms with E-state index in [9.17, 15) is 18.0 Å². The SMILES string of the molecule is CCCCNC(=O)COC(=O)c1ccc(C)c(S(=O)(=O)N2CCOCC2)c1. The predicted molar refractivity (Wildman–Crippen MR) is 99.0 cm³/mol. The molecule has 0 atom stereocenters. The third-order valence-electron chi connectivity index (χ3n) is 4.20. The Kier molecular flexibility index (Phi) is 7.76. The molecule has 1 N–H and O–H groups in total. The summed E-state index contributed by atoms with van der Waals surface area (Å²) in [7, 11) is -3.73. The van der Waals surface area contributed by atoms with Gasteiger partial charge in [-0.2, -0.15) is 4.31 Å². The van der Waals surface area contributed by atoms with Crippen LogP contribution in [0.15, 0.2) is 23.1 Å². The summed E-state index contributed by atoms with van der Waals surface area (Å²) in [5.74, 6) is -1.12. The van der Waals surface area contributed by atoms with Crippen molar-refractivity contribution in [2.75, 3.05) is 39.5 Å². The zero-order valence-electron chi connectivity index (χ0n) is 15.7. The number of carbonyl (C=O) groups is 2. The fraction of sp³-hybridized carbons (Fsp3) is 0.556. The Bertz CT molecular complexity index is 772. The number of aryl methyl sites for hydroxylation is 1. The number of hydrogen-bond donors (Lipinski definition) is 1. The maximum absolute atomic E-state index is 12.8. The Balaban J connectivity index is 2.07. The molecule has 2 rings (SSSR count). The van der Waals surface area contributed by atoms with E-state index in [1.807, 2.05) is 6.92 Å². The molecule has 1 heterocycles. The third-order valence-corrected chi connectivity index (χ3v) is 6.24. The summed E-state index contributed by atoms with van der Waals surface area (Å²) in [6.45, 7) is 5.03. The summed E-state index contributed by atoms with van der Waals surface area (Å²) < 4.78 is 37.2. The van der Waals surface area contributed by atoms with Crippen molar-refractivity contribution < 1.29 is 27.5 Å². The van der Waals surface area contributed by atoms with Crippen molar-refractivity contribution in [2.24, 2.45) is 0 Å². The van der Waals surface area contributed by atoms with Crippen LogP contribution in [-0.4, -0.2) is 64.1 Å². The number of hydrogen-bond acceptors (Lipinski definition) is 6. The molecule has 0 spiro atoms. The monoisotopic (exact) mass is 398 g/mol. The first-order valence-electron chi connectivity index (χ1n) is 8.98. The highest BCUT2D eigenvalue weighted by molar-refractivity contribution is 7.89. The zero-order chi connectivity index (χ0) is 19.9. The van der Waals surface area contributed by atoms with Crippen molar-refractivity contribution in [3.63, 3.8) is 0 Å². The molecule has 1 aliphatic rings. The molecule has 1 fully saturated rings. The fourth-order valence-corrected chi connectivity index (χ4v) is 4.26. The Hall–Kier alpha value is -1.97.